The second-order valence-corrected chi connectivity index (χ2v) is 4.84. The van der Waals surface area contributed by atoms with Gasteiger partial charge in [-0.2, -0.15) is 0 Å². The fraction of sp³-hybridized carbons (Fsp3) is 0.0625. The Morgan fingerprint density at radius 2 is 1.74 bits per heavy atom. The van der Waals surface area contributed by atoms with Gasteiger partial charge in [0.25, 0.3) is 0 Å². The average Bonchev–Trinajstić information content (AvgIpc) is 2.44. The number of rotatable bonds is 1. The molecule has 1 atom stereocenters. The Balaban J connectivity index is 2.04. The van der Waals surface area contributed by atoms with Gasteiger partial charge in [0.1, 0.15) is 5.75 Å². The molecule has 1 aliphatic rings. The lowest BCUT2D eigenvalue weighted by Gasteiger charge is -2.27. The Labute approximate surface area is 116 Å². The Kier molecular flexibility index (Phi) is 2.88. The monoisotopic (exact) mass is 270 g/mol. The lowest BCUT2D eigenvalue weighted by Crippen LogP contribution is -2.22. The van der Waals surface area contributed by atoms with E-state index in [-0.39, 0.29) is 5.78 Å². The third kappa shape index (κ3) is 2.04. The number of hydrogen-bond acceptors (Lipinski definition) is 2. The van der Waals surface area contributed by atoms with Gasteiger partial charge in [-0.25, -0.2) is 0 Å². The molecule has 94 valence electrons. The Bertz CT molecular complexity index is 659. The zero-order valence-corrected chi connectivity index (χ0v) is 10.9. The Hall–Kier alpha value is -2.06. The van der Waals surface area contributed by atoms with E-state index in [9.17, 15) is 4.79 Å². The Morgan fingerprint density at radius 3 is 2.47 bits per heavy atom. The van der Waals surface area contributed by atoms with Crippen molar-refractivity contribution < 1.29 is 9.53 Å². The molecular formula is C16H11ClO2. The van der Waals surface area contributed by atoms with E-state index in [1.54, 1.807) is 24.3 Å². The normalized spacial score (nSPS) is 17.8. The zero-order chi connectivity index (χ0) is 13.4. The van der Waals surface area contributed by atoms with E-state index in [0.717, 1.165) is 5.56 Å². The third-order valence-electron chi connectivity index (χ3n) is 3.16. The molecule has 0 saturated heterocycles. The molecule has 0 unspecified atom stereocenters. The van der Waals surface area contributed by atoms with Gasteiger partial charge in [0.15, 0.2) is 11.9 Å². The number of Topliss-reactive ketones (excluding diaryl/α,β-unsaturated/α-hetero) is 1. The summed E-state index contributed by atoms with van der Waals surface area (Å²) in [6.07, 6.45) is -0.445. The highest BCUT2D eigenvalue weighted by molar-refractivity contribution is 6.30. The van der Waals surface area contributed by atoms with Crippen molar-refractivity contribution in [2.75, 3.05) is 0 Å². The number of benzene rings is 2. The van der Waals surface area contributed by atoms with Gasteiger partial charge in [-0.15, -0.1) is 0 Å². The minimum absolute atomic E-state index is 0.0678. The largest absolute Gasteiger partial charge is 0.480 e. The van der Waals surface area contributed by atoms with Crippen LogP contribution in [0.15, 0.2) is 60.7 Å². The molecule has 2 aromatic rings. The summed E-state index contributed by atoms with van der Waals surface area (Å²) >= 11 is 5.87. The number of carbonyl (C=O) groups excluding carboxylic acids is 1. The molecule has 0 N–H and O–H groups in total. The third-order valence-corrected chi connectivity index (χ3v) is 3.41. The molecule has 0 amide bonds. The number of hydrogen-bond donors (Lipinski definition) is 0. The van der Waals surface area contributed by atoms with Crippen molar-refractivity contribution in [2.45, 2.75) is 6.10 Å². The zero-order valence-electron chi connectivity index (χ0n) is 10.1. The van der Waals surface area contributed by atoms with Crippen LogP contribution in [0.1, 0.15) is 22.0 Å². The first kappa shape index (κ1) is 12.0. The molecule has 0 bridgehead atoms. The van der Waals surface area contributed by atoms with E-state index in [1.165, 1.54) is 0 Å². The molecule has 0 spiro atoms. The number of carbonyl (C=O) groups is 1. The second kappa shape index (κ2) is 4.56. The van der Waals surface area contributed by atoms with Crippen LogP contribution in [0.5, 0.6) is 5.75 Å². The molecule has 0 radical (unpaired) electrons. The summed E-state index contributed by atoms with van der Waals surface area (Å²) in [7, 11) is 0. The summed E-state index contributed by atoms with van der Waals surface area (Å²) < 4.78 is 5.88. The lowest BCUT2D eigenvalue weighted by atomic mass is 9.92. The first-order chi connectivity index (χ1) is 9.16. The molecule has 3 rings (SSSR count). The standard InChI is InChI=1S/C16H11ClO2/c1-10-15(18)13-4-2-3-5-14(13)19-16(10)11-6-8-12(17)9-7-11/h2-9,16H,1H2/t16-/m0/s1. The average molecular weight is 271 g/mol. The van der Waals surface area contributed by atoms with E-state index in [0.29, 0.717) is 21.9 Å². The highest BCUT2D eigenvalue weighted by atomic mass is 35.5. The first-order valence-corrected chi connectivity index (χ1v) is 6.29. The van der Waals surface area contributed by atoms with E-state index in [1.807, 2.05) is 24.3 Å². The summed E-state index contributed by atoms with van der Waals surface area (Å²) in [6.45, 7) is 3.87. The van der Waals surface area contributed by atoms with Gasteiger partial charge in [-0.05, 0) is 29.8 Å². The molecular weight excluding hydrogens is 260 g/mol. The maximum atomic E-state index is 12.3. The van der Waals surface area contributed by atoms with Crippen molar-refractivity contribution in [3.8, 4) is 5.75 Å². The summed E-state index contributed by atoms with van der Waals surface area (Å²) in [4.78, 5) is 12.3. The van der Waals surface area contributed by atoms with E-state index >= 15 is 0 Å². The van der Waals surface area contributed by atoms with Crippen LogP contribution in [0, 0.1) is 0 Å². The van der Waals surface area contributed by atoms with Gasteiger partial charge in [0, 0.05) is 10.6 Å². The highest BCUT2D eigenvalue weighted by Crippen LogP contribution is 2.37. The van der Waals surface area contributed by atoms with Gasteiger partial charge in [-0.3, -0.25) is 4.79 Å². The van der Waals surface area contributed by atoms with Gasteiger partial charge in [-0.1, -0.05) is 42.4 Å². The van der Waals surface area contributed by atoms with Crippen molar-refractivity contribution >= 4 is 17.4 Å². The first-order valence-electron chi connectivity index (χ1n) is 5.91. The molecule has 2 aromatic carbocycles. The van der Waals surface area contributed by atoms with E-state index in [4.69, 9.17) is 16.3 Å². The van der Waals surface area contributed by atoms with Crippen LogP contribution in [-0.2, 0) is 0 Å². The SMILES string of the molecule is C=C1C(=O)c2ccccc2O[C@@H]1c1ccc(Cl)cc1. The molecule has 0 aliphatic carbocycles. The lowest BCUT2D eigenvalue weighted by molar-refractivity contribution is 0.0962. The number of fused-ring (bicyclic) bond motifs is 1. The molecule has 0 aromatic heterocycles. The minimum Gasteiger partial charge on any atom is -0.480 e. The number of ketones is 1. The topological polar surface area (TPSA) is 26.3 Å². The fourth-order valence-electron chi connectivity index (χ4n) is 2.15. The summed E-state index contributed by atoms with van der Waals surface area (Å²) in [5, 5.41) is 0.650. The van der Waals surface area contributed by atoms with Gasteiger partial charge in [0.05, 0.1) is 5.56 Å². The van der Waals surface area contributed by atoms with Crippen molar-refractivity contribution in [2.24, 2.45) is 0 Å². The van der Waals surface area contributed by atoms with Gasteiger partial charge < -0.3 is 4.74 Å². The van der Waals surface area contributed by atoms with Crippen molar-refractivity contribution in [3.63, 3.8) is 0 Å². The maximum absolute atomic E-state index is 12.3. The van der Waals surface area contributed by atoms with Crippen molar-refractivity contribution in [1.29, 1.82) is 0 Å². The summed E-state index contributed by atoms with van der Waals surface area (Å²) in [6, 6.07) is 14.5. The number of para-hydroxylation sites is 1. The second-order valence-electron chi connectivity index (χ2n) is 4.40. The smallest absolute Gasteiger partial charge is 0.196 e. The minimum atomic E-state index is -0.445. The molecule has 1 heterocycles. The van der Waals surface area contributed by atoms with Crippen LogP contribution in [0.4, 0.5) is 0 Å². The number of ether oxygens (including phenoxy) is 1. The van der Waals surface area contributed by atoms with Crippen LogP contribution >= 0.6 is 11.6 Å². The van der Waals surface area contributed by atoms with Gasteiger partial charge in [0.2, 0.25) is 0 Å². The van der Waals surface area contributed by atoms with E-state index in [2.05, 4.69) is 6.58 Å². The molecule has 2 nitrogen and oxygen atoms in total. The predicted octanol–water partition coefficient (Wildman–Crippen LogP) is 4.21. The van der Waals surface area contributed by atoms with Crippen LogP contribution < -0.4 is 4.74 Å². The number of halogens is 1. The maximum Gasteiger partial charge on any atom is 0.196 e. The van der Waals surface area contributed by atoms with Crippen LogP contribution in [0.2, 0.25) is 5.02 Å². The van der Waals surface area contributed by atoms with Gasteiger partial charge >= 0.3 is 0 Å². The molecule has 0 fully saturated rings. The summed E-state index contributed by atoms with van der Waals surface area (Å²) in [5.41, 5.74) is 1.89. The Morgan fingerprint density at radius 1 is 1.05 bits per heavy atom. The van der Waals surface area contributed by atoms with E-state index < -0.39 is 6.10 Å². The molecule has 3 heteroatoms. The molecule has 1 aliphatic heterocycles. The molecule has 19 heavy (non-hydrogen) atoms. The van der Waals surface area contributed by atoms with Crippen LogP contribution in [0.25, 0.3) is 0 Å². The molecule has 0 saturated carbocycles. The van der Waals surface area contributed by atoms with Crippen LogP contribution in [-0.4, -0.2) is 5.78 Å². The fourth-order valence-corrected chi connectivity index (χ4v) is 2.28. The highest BCUT2D eigenvalue weighted by Gasteiger charge is 2.31. The van der Waals surface area contributed by atoms with Crippen LogP contribution in [0.3, 0.4) is 0 Å². The van der Waals surface area contributed by atoms with Crippen molar-refractivity contribution in [3.05, 3.63) is 76.8 Å². The summed E-state index contributed by atoms with van der Waals surface area (Å²) in [5.74, 6) is 0.529. The predicted molar refractivity (Wildman–Crippen MR) is 74.7 cm³/mol. The quantitative estimate of drug-likeness (QED) is 0.726. The van der Waals surface area contributed by atoms with Crippen molar-refractivity contribution in [1.82, 2.24) is 0 Å².